The Morgan fingerprint density at radius 1 is 1.14 bits per heavy atom. The molecule has 148 valence electrons. The van der Waals surface area contributed by atoms with Crippen LogP contribution in [0.4, 0.5) is 13.2 Å². The monoisotopic (exact) mass is 390 g/mol. The minimum Gasteiger partial charge on any atom is -0.349 e. The van der Waals surface area contributed by atoms with E-state index in [9.17, 15) is 18.0 Å². The van der Waals surface area contributed by atoms with Gasteiger partial charge in [-0.3, -0.25) is 4.79 Å². The van der Waals surface area contributed by atoms with Gasteiger partial charge in [0, 0.05) is 17.8 Å². The normalized spacial score (nSPS) is 13.5. The molecule has 1 amide bonds. The van der Waals surface area contributed by atoms with Crippen LogP contribution in [0.1, 0.15) is 43.6 Å². The Balaban J connectivity index is 1.93. The first-order valence-electron chi connectivity index (χ1n) is 8.79. The number of amides is 1. The molecule has 0 aliphatic rings. The van der Waals surface area contributed by atoms with E-state index in [2.05, 4.69) is 20.3 Å². The number of carbonyl (C=O) groups excluding carboxylic acids is 1. The zero-order chi connectivity index (χ0) is 20.7. The van der Waals surface area contributed by atoms with Crippen LogP contribution in [-0.4, -0.2) is 26.9 Å². The molecule has 0 radical (unpaired) electrons. The van der Waals surface area contributed by atoms with Gasteiger partial charge in [0.15, 0.2) is 5.65 Å². The standard InChI is InChI=1S/C20H21F3N4O/c1-11(19(2,3)4)26-18(28)14-9-24-17-16(14)27-15(10-25-17)12-5-7-13(8-6-12)20(21,22)23/h5-11H,1-4H3,(H,24,25)(H,26,28). The van der Waals surface area contributed by atoms with Gasteiger partial charge in [0.05, 0.1) is 23.0 Å². The first-order chi connectivity index (χ1) is 13.0. The molecule has 1 unspecified atom stereocenters. The number of fused-ring (bicyclic) bond motifs is 1. The highest BCUT2D eigenvalue weighted by Gasteiger charge is 2.30. The van der Waals surface area contributed by atoms with Crippen LogP contribution in [0.5, 0.6) is 0 Å². The number of halogens is 3. The molecule has 0 saturated heterocycles. The number of nitrogens with one attached hydrogen (secondary N) is 2. The van der Waals surface area contributed by atoms with Crippen LogP contribution >= 0.6 is 0 Å². The summed E-state index contributed by atoms with van der Waals surface area (Å²) in [5.74, 6) is -0.285. The van der Waals surface area contributed by atoms with Crippen molar-refractivity contribution in [1.29, 1.82) is 0 Å². The summed E-state index contributed by atoms with van der Waals surface area (Å²) in [4.78, 5) is 24.3. The quantitative estimate of drug-likeness (QED) is 0.674. The van der Waals surface area contributed by atoms with E-state index in [1.165, 1.54) is 24.5 Å². The molecule has 5 nitrogen and oxygen atoms in total. The molecule has 2 N–H and O–H groups in total. The van der Waals surface area contributed by atoms with E-state index in [1.54, 1.807) is 0 Å². The molecule has 2 heterocycles. The van der Waals surface area contributed by atoms with Gasteiger partial charge in [0.1, 0.15) is 5.52 Å². The van der Waals surface area contributed by atoms with Crippen LogP contribution in [0.3, 0.4) is 0 Å². The van der Waals surface area contributed by atoms with Gasteiger partial charge in [-0.1, -0.05) is 32.9 Å². The number of hydrogen-bond donors (Lipinski definition) is 2. The highest BCUT2D eigenvalue weighted by atomic mass is 19.4. The Morgan fingerprint density at radius 3 is 2.36 bits per heavy atom. The first-order valence-corrected chi connectivity index (χ1v) is 8.79. The number of aromatic amines is 1. The molecular weight excluding hydrogens is 369 g/mol. The maximum absolute atomic E-state index is 12.7. The average molecular weight is 390 g/mol. The summed E-state index contributed by atoms with van der Waals surface area (Å²) in [7, 11) is 0. The van der Waals surface area contributed by atoms with Gasteiger partial charge in [-0.05, 0) is 24.5 Å². The molecule has 8 heteroatoms. The first kappa shape index (κ1) is 19.9. The van der Waals surface area contributed by atoms with Crippen LogP contribution in [0.2, 0.25) is 0 Å². The zero-order valence-corrected chi connectivity index (χ0v) is 16.0. The average Bonchev–Trinajstić information content (AvgIpc) is 3.03. The number of alkyl halides is 3. The summed E-state index contributed by atoms with van der Waals surface area (Å²) in [6, 6.07) is 4.60. The number of rotatable bonds is 3. The molecule has 0 fully saturated rings. The third-order valence-corrected chi connectivity index (χ3v) is 4.78. The number of hydrogen-bond acceptors (Lipinski definition) is 3. The number of H-pyrrole nitrogens is 1. The maximum Gasteiger partial charge on any atom is 0.416 e. The Labute approximate surface area is 160 Å². The molecular formula is C20H21F3N4O. The van der Waals surface area contributed by atoms with Crippen LogP contribution < -0.4 is 5.32 Å². The van der Waals surface area contributed by atoms with Crippen molar-refractivity contribution in [2.45, 2.75) is 39.9 Å². The lowest BCUT2D eigenvalue weighted by Gasteiger charge is -2.27. The van der Waals surface area contributed by atoms with Gasteiger partial charge in [0.25, 0.3) is 5.91 Å². The highest BCUT2D eigenvalue weighted by Crippen LogP contribution is 2.31. The molecule has 1 aromatic carbocycles. The number of carbonyl (C=O) groups is 1. The van der Waals surface area contributed by atoms with Gasteiger partial charge in [0.2, 0.25) is 0 Å². The summed E-state index contributed by atoms with van der Waals surface area (Å²) in [5, 5.41) is 2.95. The topological polar surface area (TPSA) is 70.7 Å². The van der Waals surface area contributed by atoms with Crippen molar-refractivity contribution >= 4 is 17.1 Å². The summed E-state index contributed by atoms with van der Waals surface area (Å²) < 4.78 is 38.2. The second-order valence-corrected chi connectivity index (χ2v) is 7.79. The lowest BCUT2D eigenvalue weighted by Crippen LogP contribution is -2.41. The van der Waals surface area contributed by atoms with Gasteiger partial charge in [-0.15, -0.1) is 0 Å². The fourth-order valence-corrected chi connectivity index (χ4v) is 2.52. The van der Waals surface area contributed by atoms with Gasteiger partial charge >= 0.3 is 6.18 Å². The molecule has 2 aromatic heterocycles. The van der Waals surface area contributed by atoms with Crippen molar-refractivity contribution in [2.75, 3.05) is 0 Å². The van der Waals surface area contributed by atoms with Crippen LogP contribution in [0.15, 0.2) is 36.7 Å². The number of aromatic nitrogens is 3. The smallest absolute Gasteiger partial charge is 0.349 e. The Morgan fingerprint density at radius 2 is 1.79 bits per heavy atom. The van der Waals surface area contributed by atoms with Crippen molar-refractivity contribution in [2.24, 2.45) is 5.41 Å². The summed E-state index contributed by atoms with van der Waals surface area (Å²) in [6.45, 7) is 7.99. The minimum atomic E-state index is -4.40. The van der Waals surface area contributed by atoms with E-state index in [0.717, 1.165) is 12.1 Å². The largest absolute Gasteiger partial charge is 0.416 e. The van der Waals surface area contributed by atoms with E-state index in [0.29, 0.717) is 28.0 Å². The fraction of sp³-hybridized carbons (Fsp3) is 0.350. The van der Waals surface area contributed by atoms with Crippen LogP contribution in [-0.2, 0) is 6.18 Å². The second-order valence-electron chi connectivity index (χ2n) is 7.79. The third-order valence-electron chi connectivity index (χ3n) is 4.78. The van der Waals surface area contributed by atoms with E-state index in [4.69, 9.17) is 0 Å². The molecule has 0 aliphatic carbocycles. The van der Waals surface area contributed by atoms with E-state index in [-0.39, 0.29) is 17.4 Å². The maximum atomic E-state index is 12.7. The lowest BCUT2D eigenvalue weighted by atomic mass is 9.88. The molecule has 0 bridgehead atoms. The molecule has 3 aromatic rings. The molecule has 28 heavy (non-hydrogen) atoms. The van der Waals surface area contributed by atoms with E-state index < -0.39 is 11.7 Å². The fourth-order valence-electron chi connectivity index (χ4n) is 2.52. The van der Waals surface area contributed by atoms with Crippen molar-refractivity contribution in [3.05, 3.63) is 47.8 Å². The van der Waals surface area contributed by atoms with Crippen molar-refractivity contribution in [3.63, 3.8) is 0 Å². The van der Waals surface area contributed by atoms with Crippen molar-refractivity contribution < 1.29 is 18.0 Å². The molecule has 1 atom stereocenters. The Kier molecular flexibility index (Phi) is 4.91. The molecule has 3 rings (SSSR count). The second kappa shape index (κ2) is 6.92. The minimum absolute atomic E-state index is 0.0731. The third kappa shape index (κ3) is 4.00. The summed E-state index contributed by atoms with van der Waals surface area (Å²) >= 11 is 0. The number of nitrogens with zero attached hydrogens (tertiary/aromatic N) is 2. The lowest BCUT2D eigenvalue weighted by molar-refractivity contribution is -0.137. The predicted octanol–water partition coefficient (Wildman–Crippen LogP) is 4.81. The molecule has 0 aliphatic heterocycles. The van der Waals surface area contributed by atoms with Gasteiger partial charge in [-0.2, -0.15) is 13.2 Å². The van der Waals surface area contributed by atoms with Gasteiger partial charge in [-0.25, -0.2) is 9.97 Å². The van der Waals surface area contributed by atoms with Gasteiger partial charge < -0.3 is 10.3 Å². The van der Waals surface area contributed by atoms with Crippen molar-refractivity contribution in [3.8, 4) is 11.3 Å². The molecule has 0 saturated carbocycles. The van der Waals surface area contributed by atoms with Crippen LogP contribution in [0, 0.1) is 5.41 Å². The predicted molar refractivity (Wildman–Crippen MR) is 101 cm³/mol. The van der Waals surface area contributed by atoms with E-state index in [1.807, 2.05) is 27.7 Å². The van der Waals surface area contributed by atoms with E-state index >= 15 is 0 Å². The number of benzene rings is 1. The Bertz CT molecular complexity index is 1000. The Hall–Kier alpha value is -2.90. The van der Waals surface area contributed by atoms with Crippen LogP contribution in [0.25, 0.3) is 22.4 Å². The summed E-state index contributed by atoms with van der Waals surface area (Å²) in [5.41, 5.74) is 1.17. The SMILES string of the molecule is CC(NC(=O)c1c[nH]c2ncc(-c3ccc(C(F)(F)F)cc3)nc12)C(C)(C)C. The highest BCUT2D eigenvalue weighted by molar-refractivity contribution is 6.04. The summed E-state index contributed by atoms with van der Waals surface area (Å²) in [6.07, 6.45) is -1.41. The van der Waals surface area contributed by atoms with Crippen molar-refractivity contribution in [1.82, 2.24) is 20.3 Å². The molecule has 0 spiro atoms. The zero-order valence-electron chi connectivity index (χ0n) is 16.0.